The summed E-state index contributed by atoms with van der Waals surface area (Å²) >= 11 is 0. The van der Waals surface area contributed by atoms with Crippen molar-refractivity contribution in [2.45, 2.75) is 0 Å². The number of hydrogen-bond donors (Lipinski definition) is 1. The molecule has 3 nitrogen and oxygen atoms in total. The van der Waals surface area contributed by atoms with Gasteiger partial charge in [0.15, 0.2) is 6.29 Å². The van der Waals surface area contributed by atoms with Gasteiger partial charge < -0.3 is 5.11 Å². The maximum Gasteiger partial charge on any atom is 0.156 e. The molecule has 0 bridgehead atoms. The van der Waals surface area contributed by atoms with E-state index in [1.165, 1.54) is 0 Å². The number of rotatable bonds is 1. The van der Waals surface area contributed by atoms with Gasteiger partial charge in [-0.2, -0.15) is 5.26 Å². The number of nitrogens with zero attached hydrogens (tertiary/aromatic N) is 1. The van der Waals surface area contributed by atoms with Crippen LogP contribution in [0, 0.1) is 17.1 Å². The molecular formula is C8H4FNO2. The predicted molar refractivity (Wildman–Crippen MR) is 38.2 cm³/mol. The van der Waals surface area contributed by atoms with Crippen LogP contribution in [0.1, 0.15) is 15.9 Å². The van der Waals surface area contributed by atoms with E-state index in [2.05, 4.69) is 0 Å². The second kappa shape index (κ2) is 3.01. The summed E-state index contributed by atoms with van der Waals surface area (Å²) in [4.78, 5) is 10.2. The van der Waals surface area contributed by atoms with Crippen LogP contribution in [0.3, 0.4) is 0 Å². The molecule has 1 aromatic rings. The molecule has 1 aromatic carbocycles. The molecule has 0 aliphatic rings. The first-order valence-corrected chi connectivity index (χ1v) is 3.07. The molecule has 0 radical (unpaired) electrons. The van der Waals surface area contributed by atoms with Crippen molar-refractivity contribution in [3.05, 3.63) is 29.1 Å². The molecule has 1 N–H and O–H groups in total. The van der Waals surface area contributed by atoms with Crippen molar-refractivity contribution >= 4 is 6.29 Å². The van der Waals surface area contributed by atoms with Crippen molar-refractivity contribution in [2.24, 2.45) is 0 Å². The molecule has 0 saturated heterocycles. The summed E-state index contributed by atoms with van der Waals surface area (Å²) < 4.78 is 12.7. The second-order valence-corrected chi connectivity index (χ2v) is 2.09. The molecule has 0 aliphatic carbocycles. The molecule has 12 heavy (non-hydrogen) atoms. The average molecular weight is 165 g/mol. The van der Waals surface area contributed by atoms with Crippen molar-refractivity contribution < 1.29 is 14.3 Å². The van der Waals surface area contributed by atoms with E-state index in [1.807, 2.05) is 0 Å². The van der Waals surface area contributed by atoms with E-state index >= 15 is 0 Å². The van der Waals surface area contributed by atoms with Gasteiger partial charge in [0.1, 0.15) is 17.6 Å². The van der Waals surface area contributed by atoms with E-state index < -0.39 is 17.1 Å². The van der Waals surface area contributed by atoms with Crippen LogP contribution >= 0.6 is 0 Å². The van der Waals surface area contributed by atoms with Gasteiger partial charge in [0.2, 0.25) is 0 Å². The molecule has 0 saturated carbocycles. The fourth-order valence-corrected chi connectivity index (χ4v) is 0.786. The van der Waals surface area contributed by atoms with Gasteiger partial charge >= 0.3 is 0 Å². The molecule has 0 atom stereocenters. The largest absolute Gasteiger partial charge is 0.506 e. The van der Waals surface area contributed by atoms with E-state index in [0.717, 1.165) is 12.1 Å². The van der Waals surface area contributed by atoms with Crippen LogP contribution < -0.4 is 0 Å². The van der Waals surface area contributed by atoms with E-state index in [1.54, 1.807) is 6.07 Å². The molecule has 4 heteroatoms. The van der Waals surface area contributed by atoms with E-state index in [4.69, 9.17) is 10.4 Å². The zero-order chi connectivity index (χ0) is 9.14. The fraction of sp³-hybridized carbons (Fsp3) is 0. The summed E-state index contributed by atoms with van der Waals surface area (Å²) in [7, 11) is 0. The lowest BCUT2D eigenvalue weighted by atomic mass is 10.1. The monoisotopic (exact) mass is 165 g/mol. The number of benzene rings is 1. The van der Waals surface area contributed by atoms with Crippen molar-refractivity contribution in [3.63, 3.8) is 0 Å². The number of carbonyl (C=O) groups excluding carboxylic acids is 1. The molecule has 0 amide bonds. The second-order valence-electron chi connectivity index (χ2n) is 2.09. The first-order chi connectivity index (χ1) is 5.70. The number of aldehydes is 1. The minimum atomic E-state index is -0.832. The molecule has 0 fully saturated rings. The van der Waals surface area contributed by atoms with Gasteiger partial charge in [-0.1, -0.05) is 0 Å². The van der Waals surface area contributed by atoms with Crippen LogP contribution in [-0.2, 0) is 0 Å². The Bertz CT molecular complexity index is 368. The van der Waals surface area contributed by atoms with Crippen molar-refractivity contribution in [1.82, 2.24) is 0 Å². The number of hydrogen-bond acceptors (Lipinski definition) is 3. The maximum absolute atomic E-state index is 12.7. The number of halogens is 1. The lowest BCUT2D eigenvalue weighted by Crippen LogP contribution is -1.90. The van der Waals surface area contributed by atoms with Gasteiger partial charge in [-0.25, -0.2) is 4.39 Å². The van der Waals surface area contributed by atoms with E-state index in [9.17, 15) is 9.18 Å². The number of phenols is 1. The minimum Gasteiger partial charge on any atom is -0.506 e. The Labute approximate surface area is 67.7 Å². The van der Waals surface area contributed by atoms with Gasteiger partial charge in [0.25, 0.3) is 0 Å². The number of aromatic hydroxyl groups is 1. The van der Waals surface area contributed by atoms with Crippen LogP contribution in [0.2, 0.25) is 0 Å². The van der Waals surface area contributed by atoms with Crippen molar-refractivity contribution in [3.8, 4) is 11.8 Å². The summed E-state index contributed by atoms with van der Waals surface area (Å²) in [5.74, 6) is -1.44. The minimum absolute atomic E-state index is 0.112. The third-order valence-electron chi connectivity index (χ3n) is 1.40. The molecule has 0 heterocycles. The van der Waals surface area contributed by atoms with Crippen molar-refractivity contribution in [1.29, 1.82) is 5.26 Å². The highest BCUT2D eigenvalue weighted by Gasteiger charge is 2.10. The van der Waals surface area contributed by atoms with Crippen LogP contribution in [0.5, 0.6) is 5.75 Å². The molecule has 0 aliphatic heterocycles. The molecule has 1 rings (SSSR count). The lowest BCUT2D eigenvalue weighted by molar-refractivity contribution is 0.111. The highest BCUT2D eigenvalue weighted by atomic mass is 19.1. The van der Waals surface area contributed by atoms with Gasteiger partial charge in [0, 0.05) is 0 Å². The fourth-order valence-electron chi connectivity index (χ4n) is 0.786. The molecule has 60 valence electrons. The Morgan fingerprint density at radius 3 is 2.75 bits per heavy atom. The van der Waals surface area contributed by atoms with Crippen molar-refractivity contribution in [2.75, 3.05) is 0 Å². The zero-order valence-corrected chi connectivity index (χ0v) is 5.91. The normalized spacial score (nSPS) is 9.00. The van der Waals surface area contributed by atoms with Crippen LogP contribution in [0.15, 0.2) is 12.1 Å². The number of nitriles is 1. The van der Waals surface area contributed by atoms with Gasteiger partial charge in [-0.15, -0.1) is 0 Å². The Kier molecular flexibility index (Phi) is 2.06. The summed E-state index contributed by atoms with van der Waals surface area (Å²) in [5, 5.41) is 17.5. The van der Waals surface area contributed by atoms with Gasteiger partial charge in [-0.05, 0) is 12.1 Å². The third-order valence-corrected chi connectivity index (χ3v) is 1.40. The summed E-state index contributed by atoms with van der Waals surface area (Å²) in [5.41, 5.74) is -0.590. The Hall–Kier alpha value is -1.89. The Balaban J connectivity index is 3.46. The van der Waals surface area contributed by atoms with Gasteiger partial charge in [0.05, 0.1) is 11.1 Å². The number of phenolic OH excluding ortho intramolecular Hbond substituents is 1. The first-order valence-electron chi connectivity index (χ1n) is 3.07. The van der Waals surface area contributed by atoms with Crippen LogP contribution in [0.25, 0.3) is 0 Å². The maximum atomic E-state index is 12.7. The van der Waals surface area contributed by atoms with E-state index in [0.29, 0.717) is 0 Å². The molecule has 0 unspecified atom stereocenters. The topological polar surface area (TPSA) is 61.1 Å². The summed E-state index contributed by atoms with van der Waals surface area (Å²) in [6, 6.07) is 3.69. The summed E-state index contributed by atoms with van der Waals surface area (Å²) in [6.45, 7) is 0. The first kappa shape index (κ1) is 8.21. The lowest BCUT2D eigenvalue weighted by Gasteiger charge is -1.99. The van der Waals surface area contributed by atoms with Crippen LogP contribution in [0.4, 0.5) is 4.39 Å². The SMILES string of the molecule is N#Cc1ccc(F)c(C=O)c1O. The highest BCUT2D eigenvalue weighted by Crippen LogP contribution is 2.22. The average Bonchev–Trinajstić information content (AvgIpc) is 2.06. The Morgan fingerprint density at radius 1 is 1.58 bits per heavy atom. The molecular weight excluding hydrogens is 161 g/mol. The molecule has 0 spiro atoms. The predicted octanol–water partition coefficient (Wildman–Crippen LogP) is 1.22. The molecule has 0 aromatic heterocycles. The Morgan fingerprint density at radius 2 is 2.25 bits per heavy atom. The smallest absolute Gasteiger partial charge is 0.156 e. The zero-order valence-electron chi connectivity index (χ0n) is 5.91. The number of carbonyl (C=O) groups is 1. The van der Waals surface area contributed by atoms with E-state index in [-0.39, 0.29) is 11.8 Å². The third kappa shape index (κ3) is 1.12. The van der Waals surface area contributed by atoms with Gasteiger partial charge in [-0.3, -0.25) is 4.79 Å². The summed E-state index contributed by atoms with van der Waals surface area (Å²) in [6.07, 6.45) is 0.172. The quantitative estimate of drug-likeness (QED) is 0.636. The highest BCUT2D eigenvalue weighted by molar-refractivity contribution is 5.81. The standard InChI is InChI=1S/C8H4FNO2/c9-7-2-1-5(3-10)8(12)6(7)4-11/h1-2,4,12H. The van der Waals surface area contributed by atoms with Crippen LogP contribution in [-0.4, -0.2) is 11.4 Å².